The first kappa shape index (κ1) is 23.0. The highest BCUT2D eigenvalue weighted by Gasteiger charge is 2.28. The molecule has 7 nitrogen and oxygen atoms in total. The van der Waals surface area contributed by atoms with E-state index in [9.17, 15) is 21.6 Å². The van der Waals surface area contributed by atoms with Gasteiger partial charge in [-0.05, 0) is 31.5 Å². The molecule has 0 atom stereocenters. The topological polar surface area (TPSA) is 91.8 Å². The molecule has 1 rings (SSSR count). The Bertz CT molecular complexity index is 732. The highest BCUT2D eigenvalue weighted by molar-refractivity contribution is 7.88. The van der Waals surface area contributed by atoms with Crippen molar-refractivity contribution in [1.82, 2.24) is 15.4 Å². The first-order valence-electron chi connectivity index (χ1n) is 8.02. The number of rotatable bonds is 8. The summed E-state index contributed by atoms with van der Waals surface area (Å²) in [5.41, 5.74) is 0.0914. The number of alkyl halides is 3. The van der Waals surface area contributed by atoms with E-state index in [1.54, 1.807) is 33.0 Å². The normalized spacial score (nSPS) is 13.4. The van der Waals surface area contributed by atoms with Crippen LogP contribution in [0.2, 0.25) is 0 Å². The zero-order valence-corrected chi connectivity index (χ0v) is 16.5. The van der Waals surface area contributed by atoms with Gasteiger partial charge in [-0.3, -0.25) is 4.99 Å². The number of ether oxygens (including phenoxy) is 1. The lowest BCUT2D eigenvalue weighted by atomic mass is 10.1. The number of benzene rings is 1. The summed E-state index contributed by atoms with van der Waals surface area (Å²) >= 11 is 0. The smallest absolute Gasteiger partial charge is 0.422 e. The summed E-state index contributed by atoms with van der Waals surface area (Å²) in [6.45, 7) is 2.80. The van der Waals surface area contributed by atoms with Crippen LogP contribution in [0.15, 0.2) is 29.3 Å². The van der Waals surface area contributed by atoms with Crippen LogP contribution in [-0.4, -0.2) is 52.5 Å². The fourth-order valence-electron chi connectivity index (χ4n) is 2.12. The van der Waals surface area contributed by atoms with Crippen LogP contribution < -0.4 is 20.1 Å². The Morgan fingerprint density at radius 2 is 1.74 bits per heavy atom. The molecule has 0 aliphatic rings. The van der Waals surface area contributed by atoms with Crippen molar-refractivity contribution in [1.29, 1.82) is 0 Å². The second kappa shape index (κ2) is 9.27. The first-order chi connectivity index (χ1) is 12.3. The maximum atomic E-state index is 12.1. The average Bonchev–Trinajstić information content (AvgIpc) is 2.51. The van der Waals surface area contributed by atoms with Crippen molar-refractivity contribution in [2.45, 2.75) is 32.1 Å². The number of nitrogens with one attached hydrogen (secondary N) is 3. The highest BCUT2D eigenvalue weighted by atomic mass is 32.2. The van der Waals surface area contributed by atoms with E-state index in [1.165, 1.54) is 12.1 Å². The minimum Gasteiger partial charge on any atom is -0.484 e. The second-order valence-corrected chi connectivity index (χ2v) is 8.33. The lowest BCUT2D eigenvalue weighted by Gasteiger charge is -2.26. The molecule has 3 N–H and O–H groups in total. The quantitative estimate of drug-likeness (QED) is 0.448. The Balaban J connectivity index is 2.51. The Labute approximate surface area is 157 Å². The number of aliphatic imine (C=N–C) groups is 1. The van der Waals surface area contributed by atoms with Crippen LogP contribution in [0.4, 0.5) is 13.2 Å². The Hall–Kier alpha value is -2.01. The van der Waals surface area contributed by atoms with Crippen LogP contribution in [0.5, 0.6) is 5.75 Å². The summed E-state index contributed by atoms with van der Waals surface area (Å²) in [7, 11) is -1.77. The van der Waals surface area contributed by atoms with Gasteiger partial charge in [0.2, 0.25) is 10.0 Å². The minimum absolute atomic E-state index is 0.132. The summed E-state index contributed by atoms with van der Waals surface area (Å²) in [6.07, 6.45) is -3.29. The van der Waals surface area contributed by atoms with Gasteiger partial charge in [-0.1, -0.05) is 12.1 Å². The first-order valence-corrected chi connectivity index (χ1v) is 9.91. The predicted molar refractivity (Wildman–Crippen MR) is 98.3 cm³/mol. The van der Waals surface area contributed by atoms with Gasteiger partial charge >= 0.3 is 6.18 Å². The van der Waals surface area contributed by atoms with Gasteiger partial charge in [0.25, 0.3) is 0 Å². The van der Waals surface area contributed by atoms with Crippen molar-refractivity contribution in [3.05, 3.63) is 29.8 Å². The van der Waals surface area contributed by atoms with Crippen LogP contribution in [0.3, 0.4) is 0 Å². The number of hydrogen-bond acceptors (Lipinski definition) is 4. The van der Waals surface area contributed by atoms with Gasteiger partial charge in [-0.15, -0.1) is 0 Å². The molecule has 0 fully saturated rings. The molecule has 1 aromatic carbocycles. The molecule has 0 aliphatic heterocycles. The molecule has 154 valence electrons. The van der Waals surface area contributed by atoms with Crippen LogP contribution in [-0.2, 0) is 16.6 Å². The molecule has 0 aliphatic carbocycles. The molecule has 0 heterocycles. The molecule has 0 aromatic heterocycles. The largest absolute Gasteiger partial charge is 0.484 e. The molecular weight excluding hydrogens is 385 g/mol. The summed E-state index contributed by atoms with van der Waals surface area (Å²) in [6, 6.07) is 6.19. The van der Waals surface area contributed by atoms with Crippen molar-refractivity contribution >= 4 is 16.0 Å². The van der Waals surface area contributed by atoms with Gasteiger partial charge < -0.3 is 15.4 Å². The van der Waals surface area contributed by atoms with Crippen molar-refractivity contribution in [3.63, 3.8) is 0 Å². The summed E-state index contributed by atoms with van der Waals surface area (Å²) in [5.74, 6) is 0.586. The molecule has 0 radical (unpaired) electrons. The zero-order valence-electron chi connectivity index (χ0n) is 15.6. The number of guanidine groups is 1. The van der Waals surface area contributed by atoms with E-state index in [0.717, 1.165) is 11.8 Å². The van der Waals surface area contributed by atoms with Crippen LogP contribution in [0, 0.1) is 0 Å². The Morgan fingerprint density at radius 1 is 1.15 bits per heavy atom. The van der Waals surface area contributed by atoms with E-state index < -0.39 is 28.3 Å². The maximum Gasteiger partial charge on any atom is 0.422 e. The zero-order chi connectivity index (χ0) is 20.7. The highest BCUT2D eigenvalue weighted by Crippen LogP contribution is 2.18. The Morgan fingerprint density at radius 3 is 2.22 bits per heavy atom. The molecule has 0 saturated carbocycles. The Kier molecular flexibility index (Phi) is 7.90. The third-order valence-corrected chi connectivity index (χ3v) is 4.09. The number of hydrogen-bond donors (Lipinski definition) is 3. The van der Waals surface area contributed by atoms with Gasteiger partial charge in [-0.25, -0.2) is 13.1 Å². The van der Waals surface area contributed by atoms with E-state index in [1.807, 2.05) is 0 Å². The monoisotopic (exact) mass is 410 g/mol. The molecule has 0 spiro atoms. The number of nitrogens with zero attached hydrogens (tertiary/aromatic N) is 1. The third kappa shape index (κ3) is 10.7. The van der Waals surface area contributed by atoms with Crippen LogP contribution in [0.1, 0.15) is 19.4 Å². The molecule has 0 unspecified atom stereocenters. The predicted octanol–water partition coefficient (Wildman–Crippen LogP) is 1.62. The average molecular weight is 410 g/mol. The van der Waals surface area contributed by atoms with Gasteiger partial charge in [-0.2, -0.15) is 13.2 Å². The van der Waals surface area contributed by atoms with E-state index in [0.29, 0.717) is 19.0 Å². The summed E-state index contributed by atoms with van der Waals surface area (Å²) < 4.78 is 66.2. The molecule has 0 saturated heterocycles. The summed E-state index contributed by atoms with van der Waals surface area (Å²) in [4.78, 5) is 4.04. The molecular formula is C16H25F3N4O3S. The fourth-order valence-corrected chi connectivity index (χ4v) is 3.19. The SMILES string of the molecule is CN=C(NCc1ccc(OCC(F)(F)F)cc1)NCC(C)(C)NS(C)(=O)=O. The molecule has 0 amide bonds. The second-order valence-electron chi connectivity index (χ2n) is 6.59. The van der Waals surface area contributed by atoms with E-state index >= 15 is 0 Å². The van der Waals surface area contributed by atoms with Crippen molar-refractivity contribution in [2.24, 2.45) is 4.99 Å². The van der Waals surface area contributed by atoms with Crippen molar-refractivity contribution in [2.75, 3.05) is 26.5 Å². The van der Waals surface area contributed by atoms with Crippen LogP contribution >= 0.6 is 0 Å². The summed E-state index contributed by atoms with van der Waals surface area (Å²) in [5, 5.41) is 6.05. The molecule has 0 bridgehead atoms. The minimum atomic E-state index is -4.38. The van der Waals surface area contributed by atoms with Gasteiger partial charge in [0.15, 0.2) is 12.6 Å². The maximum absolute atomic E-state index is 12.1. The van der Waals surface area contributed by atoms with E-state index in [-0.39, 0.29) is 5.75 Å². The van der Waals surface area contributed by atoms with Crippen LogP contribution in [0.25, 0.3) is 0 Å². The van der Waals surface area contributed by atoms with Gasteiger partial charge in [0.1, 0.15) is 5.75 Å². The van der Waals surface area contributed by atoms with E-state index in [4.69, 9.17) is 0 Å². The third-order valence-electron chi connectivity index (χ3n) is 3.17. The lowest BCUT2D eigenvalue weighted by molar-refractivity contribution is -0.153. The lowest BCUT2D eigenvalue weighted by Crippen LogP contribution is -2.52. The number of sulfonamides is 1. The fraction of sp³-hybridized carbons (Fsp3) is 0.562. The van der Waals surface area contributed by atoms with Gasteiger partial charge in [0, 0.05) is 25.7 Å². The van der Waals surface area contributed by atoms with Crippen molar-refractivity contribution < 1.29 is 26.3 Å². The van der Waals surface area contributed by atoms with Crippen molar-refractivity contribution in [3.8, 4) is 5.75 Å². The molecule has 11 heteroatoms. The van der Waals surface area contributed by atoms with Gasteiger partial charge in [0.05, 0.1) is 6.26 Å². The number of halogens is 3. The molecule has 1 aromatic rings. The standard InChI is InChI=1S/C16H25F3N4O3S/c1-15(2,23-27(4,24)25)10-22-14(20-3)21-9-12-5-7-13(8-6-12)26-11-16(17,18)19/h5-8,23H,9-11H2,1-4H3,(H2,20,21,22). The van der Waals surface area contributed by atoms with E-state index in [2.05, 4.69) is 25.1 Å². The molecule has 27 heavy (non-hydrogen) atoms.